The Bertz CT molecular complexity index is 1360. The molecular formula is C17H14N4O4S3. The van der Waals surface area contributed by atoms with Crippen LogP contribution in [0, 0.1) is 0 Å². The molecule has 2 N–H and O–H groups in total. The summed E-state index contributed by atoms with van der Waals surface area (Å²) in [5.74, 6) is -0.0894. The summed E-state index contributed by atoms with van der Waals surface area (Å²) in [5.41, 5.74) is 1.90. The predicted octanol–water partition coefficient (Wildman–Crippen LogP) is 2.08. The maximum absolute atomic E-state index is 12.6. The fraction of sp³-hybridized carbons (Fsp3) is 0.0588. The number of fused-ring (bicyclic) bond motifs is 1. The second-order valence-electron chi connectivity index (χ2n) is 6.02. The lowest BCUT2D eigenvalue weighted by Gasteiger charge is -2.06. The van der Waals surface area contributed by atoms with Gasteiger partial charge in [-0.15, -0.1) is 5.10 Å². The van der Waals surface area contributed by atoms with Crippen molar-refractivity contribution in [2.75, 3.05) is 0 Å². The summed E-state index contributed by atoms with van der Waals surface area (Å²) < 4.78 is 49.3. The van der Waals surface area contributed by atoms with Crippen molar-refractivity contribution in [3.63, 3.8) is 0 Å². The Balaban J connectivity index is 1.67. The minimum Gasteiger partial charge on any atom is -0.225 e. The molecule has 0 bridgehead atoms. The van der Waals surface area contributed by atoms with Crippen LogP contribution in [0.3, 0.4) is 0 Å². The van der Waals surface area contributed by atoms with Gasteiger partial charge in [0.2, 0.25) is 9.30 Å². The monoisotopic (exact) mass is 434 g/mol. The van der Waals surface area contributed by atoms with Gasteiger partial charge in [0.1, 0.15) is 0 Å². The molecule has 0 atom stereocenters. The molecule has 2 aromatic carbocycles. The van der Waals surface area contributed by atoms with Crippen LogP contribution in [0.25, 0.3) is 16.2 Å². The highest BCUT2D eigenvalue weighted by Crippen LogP contribution is 2.27. The Kier molecular flexibility index (Phi) is 4.54. The van der Waals surface area contributed by atoms with Crippen LogP contribution in [0.2, 0.25) is 0 Å². The van der Waals surface area contributed by atoms with E-state index in [-0.39, 0.29) is 15.0 Å². The van der Waals surface area contributed by atoms with Gasteiger partial charge in [-0.25, -0.2) is 31.5 Å². The number of hydrogen-bond donors (Lipinski definition) is 1. The molecule has 0 aliphatic rings. The van der Waals surface area contributed by atoms with Crippen molar-refractivity contribution < 1.29 is 16.8 Å². The van der Waals surface area contributed by atoms with E-state index in [1.807, 2.05) is 6.07 Å². The number of sulfonamides is 1. The molecule has 0 radical (unpaired) electrons. The fourth-order valence-electron chi connectivity index (χ4n) is 2.70. The lowest BCUT2D eigenvalue weighted by atomic mass is 10.2. The average Bonchev–Trinajstić information content (AvgIpc) is 3.23. The zero-order valence-electron chi connectivity index (χ0n) is 14.3. The van der Waals surface area contributed by atoms with Crippen LogP contribution >= 0.6 is 11.3 Å². The molecule has 0 aliphatic heterocycles. The van der Waals surface area contributed by atoms with Gasteiger partial charge in [-0.05, 0) is 17.7 Å². The number of aromatic nitrogens is 3. The standard InChI is InChI=1S/C17H14N4O4S3/c18-28(24,25)17-20-21-15(10-19-16(21)26-17)13-6-8-14(9-7-13)27(22,23)11-12-4-2-1-3-5-12/h1-10H,11H2,(H2,18,24,25). The van der Waals surface area contributed by atoms with E-state index >= 15 is 0 Å². The number of sulfone groups is 1. The number of nitrogens with zero attached hydrogens (tertiary/aromatic N) is 3. The van der Waals surface area contributed by atoms with Crippen molar-refractivity contribution in [2.45, 2.75) is 15.0 Å². The molecule has 0 saturated heterocycles. The minimum absolute atomic E-state index is 0.0894. The maximum Gasteiger partial charge on any atom is 0.267 e. The molecular weight excluding hydrogens is 420 g/mol. The van der Waals surface area contributed by atoms with E-state index in [1.165, 1.54) is 16.6 Å². The zero-order chi connectivity index (χ0) is 19.9. The summed E-state index contributed by atoms with van der Waals surface area (Å²) in [6, 6.07) is 15.2. The fourth-order valence-corrected chi connectivity index (χ4v) is 5.54. The molecule has 0 saturated carbocycles. The van der Waals surface area contributed by atoms with E-state index in [1.54, 1.807) is 42.6 Å². The van der Waals surface area contributed by atoms with E-state index in [9.17, 15) is 16.8 Å². The number of rotatable bonds is 5. The number of benzene rings is 2. The van der Waals surface area contributed by atoms with E-state index in [0.29, 0.717) is 21.8 Å². The average molecular weight is 435 g/mol. The first-order valence-corrected chi connectivity index (χ1v) is 12.0. The van der Waals surface area contributed by atoms with Gasteiger partial charge < -0.3 is 0 Å². The molecule has 0 amide bonds. The molecule has 8 nitrogen and oxygen atoms in total. The summed E-state index contributed by atoms with van der Waals surface area (Å²) in [4.78, 5) is 4.71. The van der Waals surface area contributed by atoms with E-state index < -0.39 is 19.9 Å². The van der Waals surface area contributed by atoms with Gasteiger partial charge in [0.05, 0.1) is 22.5 Å². The number of imidazole rings is 1. The quantitative estimate of drug-likeness (QED) is 0.513. The van der Waals surface area contributed by atoms with Gasteiger partial charge in [-0.1, -0.05) is 53.8 Å². The molecule has 0 aliphatic carbocycles. The van der Waals surface area contributed by atoms with Crippen LogP contribution in [-0.4, -0.2) is 31.4 Å². The van der Waals surface area contributed by atoms with Crippen LogP contribution in [0.1, 0.15) is 5.56 Å². The van der Waals surface area contributed by atoms with Gasteiger partial charge >= 0.3 is 0 Å². The van der Waals surface area contributed by atoms with Crippen molar-refractivity contribution in [2.24, 2.45) is 5.14 Å². The number of primary sulfonamides is 1. The normalized spacial score (nSPS) is 12.5. The SMILES string of the molecule is NS(=O)(=O)c1nn2c(-c3ccc(S(=O)(=O)Cc4ccccc4)cc3)cnc2s1. The summed E-state index contributed by atoms with van der Waals surface area (Å²) in [7, 11) is -7.41. The third-order valence-electron chi connectivity index (χ3n) is 4.02. The van der Waals surface area contributed by atoms with Gasteiger partial charge in [0.15, 0.2) is 9.84 Å². The summed E-state index contributed by atoms with van der Waals surface area (Å²) in [5, 5.41) is 9.10. The Hall–Kier alpha value is -2.60. The topological polar surface area (TPSA) is 124 Å². The molecule has 144 valence electrons. The van der Waals surface area contributed by atoms with Crippen molar-refractivity contribution in [3.05, 3.63) is 66.4 Å². The second kappa shape index (κ2) is 6.78. The molecule has 2 heterocycles. The molecule has 4 aromatic rings. The predicted molar refractivity (Wildman–Crippen MR) is 105 cm³/mol. The smallest absolute Gasteiger partial charge is 0.225 e. The van der Waals surface area contributed by atoms with Crippen LogP contribution in [0.15, 0.2) is 70.0 Å². The molecule has 4 rings (SSSR count). The molecule has 0 fully saturated rings. The molecule has 0 unspecified atom stereocenters. The van der Waals surface area contributed by atoms with Gasteiger partial charge in [0.25, 0.3) is 10.0 Å². The summed E-state index contributed by atoms with van der Waals surface area (Å²) in [6.45, 7) is 0. The summed E-state index contributed by atoms with van der Waals surface area (Å²) in [6.07, 6.45) is 1.54. The highest BCUT2D eigenvalue weighted by Gasteiger charge is 2.19. The van der Waals surface area contributed by atoms with Crippen molar-refractivity contribution in [3.8, 4) is 11.3 Å². The van der Waals surface area contributed by atoms with Crippen LogP contribution < -0.4 is 5.14 Å². The zero-order valence-corrected chi connectivity index (χ0v) is 16.7. The Morgan fingerprint density at radius 3 is 2.29 bits per heavy atom. The van der Waals surface area contributed by atoms with E-state index in [4.69, 9.17) is 5.14 Å². The summed E-state index contributed by atoms with van der Waals surface area (Å²) >= 11 is 0.860. The van der Waals surface area contributed by atoms with Gasteiger partial charge in [0, 0.05) is 5.56 Å². The van der Waals surface area contributed by atoms with Gasteiger partial charge in [-0.3, -0.25) is 0 Å². The maximum atomic E-state index is 12.6. The van der Waals surface area contributed by atoms with Crippen LogP contribution in [-0.2, 0) is 25.6 Å². The van der Waals surface area contributed by atoms with E-state index in [0.717, 1.165) is 11.3 Å². The largest absolute Gasteiger partial charge is 0.267 e. The first-order chi connectivity index (χ1) is 13.2. The molecule has 28 heavy (non-hydrogen) atoms. The van der Waals surface area contributed by atoms with E-state index in [2.05, 4.69) is 10.1 Å². The molecule has 0 spiro atoms. The molecule has 2 aromatic heterocycles. The van der Waals surface area contributed by atoms with Crippen LogP contribution in [0.5, 0.6) is 0 Å². The minimum atomic E-state index is -3.92. The van der Waals surface area contributed by atoms with Gasteiger partial charge in [-0.2, -0.15) is 0 Å². The number of hydrogen-bond acceptors (Lipinski definition) is 7. The lowest BCUT2D eigenvalue weighted by molar-refractivity contribution is 0.593. The number of nitrogens with two attached hydrogens (primary N) is 1. The highest BCUT2D eigenvalue weighted by atomic mass is 32.2. The van der Waals surface area contributed by atoms with Crippen LogP contribution in [0.4, 0.5) is 0 Å². The lowest BCUT2D eigenvalue weighted by Crippen LogP contribution is -2.12. The Labute approximate surface area is 165 Å². The van der Waals surface area contributed by atoms with Crippen molar-refractivity contribution in [1.29, 1.82) is 0 Å². The Morgan fingerprint density at radius 2 is 1.64 bits per heavy atom. The third kappa shape index (κ3) is 3.56. The molecule has 11 heteroatoms. The Morgan fingerprint density at radius 1 is 0.964 bits per heavy atom. The highest BCUT2D eigenvalue weighted by molar-refractivity contribution is 7.91. The first kappa shape index (κ1) is 18.7. The third-order valence-corrected chi connectivity index (χ3v) is 7.96. The first-order valence-electron chi connectivity index (χ1n) is 7.98. The second-order valence-corrected chi connectivity index (χ2v) is 10.7. The van der Waals surface area contributed by atoms with Crippen molar-refractivity contribution in [1.82, 2.24) is 14.6 Å². The van der Waals surface area contributed by atoms with Crippen molar-refractivity contribution >= 4 is 36.2 Å².